The molecule has 9 N–H and O–H groups in total. The number of hydrogen-bond acceptors (Lipinski definition) is 7. The van der Waals surface area contributed by atoms with E-state index in [4.69, 9.17) is 11.5 Å². The molecule has 206 valence electrons. The number of carbonyl (C=O) groups excluding carboxylic acids is 3. The van der Waals surface area contributed by atoms with Gasteiger partial charge in [-0.25, -0.2) is 4.79 Å². The molecule has 3 amide bonds. The Morgan fingerprint density at radius 3 is 1.68 bits per heavy atom. The number of nitrogens with two attached hydrogens (primary N) is 2. The second-order valence-corrected chi connectivity index (χ2v) is 8.97. The van der Waals surface area contributed by atoms with Gasteiger partial charge >= 0.3 is 5.97 Å². The maximum absolute atomic E-state index is 13.3. The SMILES string of the molecule is NCCCCC(NC(=O)C(N)CO)C(=O)NC(Cc1ccccc1)C(=O)NC(Cc1ccccc1)C(=O)O. The fourth-order valence-corrected chi connectivity index (χ4v) is 3.78. The van der Waals surface area contributed by atoms with Crippen molar-refractivity contribution in [1.29, 1.82) is 0 Å². The van der Waals surface area contributed by atoms with Crippen LogP contribution in [0.25, 0.3) is 0 Å². The Morgan fingerprint density at radius 2 is 1.18 bits per heavy atom. The molecule has 0 aliphatic heterocycles. The van der Waals surface area contributed by atoms with E-state index in [1.54, 1.807) is 54.6 Å². The van der Waals surface area contributed by atoms with Gasteiger partial charge in [0.1, 0.15) is 24.2 Å². The number of benzene rings is 2. The molecule has 0 radical (unpaired) electrons. The highest BCUT2D eigenvalue weighted by Crippen LogP contribution is 2.09. The van der Waals surface area contributed by atoms with E-state index in [2.05, 4.69) is 16.0 Å². The Labute approximate surface area is 222 Å². The van der Waals surface area contributed by atoms with Gasteiger partial charge in [-0.15, -0.1) is 0 Å². The number of unbranched alkanes of at least 4 members (excludes halogenated alkanes) is 1. The van der Waals surface area contributed by atoms with Crippen LogP contribution in [-0.2, 0) is 32.0 Å². The van der Waals surface area contributed by atoms with Crippen molar-refractivity contribution in [3.63, 3.8) is 0 Å². The minimum absolute atomic E-state index is 0.0603. The van der Waals surface area contributed by atoms with Gasteiger partial charge in [0.05, 0.1) is 6.61 Å². The third-order valence-electron chi connectivity index (χ3n) is 5.93. The summed E-state index contributed by atoms with van der Waals surface area (Å²) in [5.74, 6) is -3.23. The van der Waals surface area contributed by atoms with Crippen LogP contribution in [0.1, 0.15) is 30.4 Å². The van der Waals surface area contributed by atoms with E-state index < -0.39 is 54.5 Å². The summed E-state index contributed by atoms with van der Waals surface area (Å²) in [5, 5.41) is 26.6. The van der Waals surface area contributed by atoms with Crippen molar-refractivity contribution in [3.8, 4) is 0 Å². The maximum atomic E-state index is 13.3. The Hall–Kier alpha value is -3.80. The van der Waals surface area contributed by atoms with Crippen LogP contribution in [0, 0.1) is 0 Å². The normalized spacial score (nSPS) is 14.0. The number of carbonyl (C=O) groups is 4. The number of amides is 3. The molecule has 2 aromatic carbocycles. The molecule has 0 aliphatic rings. The largest absolute Gasteiger partial charge is 0.480 e. The summed E-state index contributed by atoms with van der Waals surface area (Å²) in [6.45, 7) is -0.199. The fraction of sp³-hybridized carbons (Fsp3) is 0.407. The van der Waals surface area contributed by atoms with Crippen molar-refractivity contribution in [1.82, 2.24) is 16.0 Å². The highest BCUT2D eigenvalue weighted by molar-refractivity contribution is 5.94. The van der Waals surface area contributed by atoms with Crippen LogP contribution in [0.2, 0.25) is 0 Å². The van der Waals surface area contributed by atoms with Crippen LogP contribution >= 0.6 is 0 Å². The standard InChI is InChI=1S/C27H37N5O6/c28-14-8-7-13-21(30-24(34)20(29)17-33)25(35)31-22(15-18-9-3-1-4-10-18)26(36)32-23(27(37)38)16-19-11-5-2-6-12-19/h1-6,9-12,20-23,33H,7-8,13-17,28-29H2,(H,30,34)(H,31,35)(H,32,36)(H,37,38). The number of nitrogens with one attached hydrogen (secondary N) is 3. The molecule has 0 spiro atoms. The zero-order valence-electron chi connectivity index (χ0n) is 21.2. The first-order valence-corrected chi connectivity index (χ1v) is 12.5. The summed E-state index contributed by atoms with van der Waals surface area (Å²) in [6, 6.07) is 13.2. The number of hydrogen-bond donors (Lipinski definition) is 7. The topological polar surface area (TPSA) is 197 Å². The second-order valence-electron chi connectivity index (χ2n) is 8.97. The van der Waals surface area contributed by atoms with E-state index >= 15 is 0 Å². The van der Waals surface area contributed by atoms with Crippen molar-refractivity contribution in [2.45, 2.75) is 56.3 Å². The van der Waals surface area contributed by atoms with E-state index in [0.717, 1.165) is 11.1 Å². The van der Waals surface area contributed by atoms with Crippen molar-refractivity contribution in [3.05, 3.63) is 71.8 Å². The minimum atomic E-state index is -1.22. The number of rotatable bonds is 16. The molecule has 0 aromatic heterocycles. The lowest BCUT2D eigenvalue weighted by molar-refractivity contribution is -0.142. The molecular weight excluding hydrogens is 490 g/mol. The Morgan fingerprint density at radius 1 is 0.711 bits per heavy atom. The molecule has 2 rings (SSSR count). The number of carboxylic acid groups (broad SMARTS) is 1. The number of aliphatic hydroxyl groups is 1. The number of carboxylic acids is 1. The lowest BCUT2D eigenvalue weighted by Gasteiger charge is -2.25. The quantitative estimate of drug-likeness (QED) is 0.141. The molecule has 2 aromatic rings. The molecular formula is C27H37N5O6. The van der Waals surface area contributed by atoms with E-state index in [-0.39, 0.29) is 19.3 Å². The first-order chi connectivity index (χ1) is 18.2. The number of aliphatic hydroxyl groups excluding tert-OH is 1. The second kappa shape index (κ2) is 16.1. The van der Waals surface area contributed by atoms with Crippen LogP contribution in [0.15, 0.2) is 60.7 Å². The van der Waals surface area contributed by atoms with Crippen molar-refractivity contribution in [2.24, 2.45) is 11.5 Å². The molecule has 11 nitrogen and oxygen atoms in total. The van der Waals surface area contributed by atoms with Crippen molar-refractivity contribution < 1.29 is 29.4 Å². The molecule has 0 saturated heterocycles. The van der Waals surface area contributed by atoms with Gasteiger partial charge < -0.3 is 37.6 Å². The van der Waals surface area contributed by atoms with Crippen LogP contribution in [0.4, 0.5) is 0 Å². The van der Waals surface area contributed by atoms with Gasteiger partial charge in [0, 0.05) is 12.8 Å². The molecule has 11 heteroatoms. The number of aliphatic carboxylic acids is 1. The molecule has 4 unspecified atom stereocenters. The Bertz CT molecular complexity index is 1040. The summed E-state index contributed by atoms with van der Waals surface area (Å²) in [5.41, 5.74) is 12.6. The van der Waals surface area contributed by atoms with Crippen molar-refractivity contribution >= 4 is 23.7 Å². The van der Waals surface area contributed by atoms with Crippen LogP contribution in [0.5, 0.6) is 0 Å². The third kappa shape index (κ3) is 10.3. The molecule has 0 heterocycles. The first-order valence-electron chi connectivity index (χ1n) is 12.5. The summed E-state index contributed by atoms with van der Waals surface area (Å²) in [4.78, 5) is 50.7. The molecule has 0 bridgehead atoms. The highest BCUT2D eigenvalue weighted by atomic mass is 16.4. The zero-order valence-corrected chi connectivity index (χ0v) is 21.2. The summed E-state index contributed by atoms with van der Waals surface area (Å²) >= 11 is 0. The van der Waals surface area contributed by atoms with E-state index in [1.807, 2.05) is 6.07 Å². The lowest BCUT2D eigenvalue weighted by Crippen LogP contribution is -2.58. The summed E-state index contributed by atoms with van der Waals surface area (Å²) < 4.78 is 0. The smallest absolute Gasteiger partial charge is 0.326 e. The minimum Gasteiger partial charge on any atom is -0.480 e. The maximum Gasteiger partial charge on any atom is 0.326 e. The molecule has 0 aliphatic carbocycles. The first kappa shape index (κ1) is 30.4. The molecule has 4 atom stereocenters. The van der Waals surface area contributed by atoms with Crippen molar-refractivity contribution in [2.75, 3.05) is 13.2 Å². The van der Waals surface area contributed by atoms with Crippen LogP contribution in [-0.4, -0.2) is 71.2 Å². The average molecular weight is 528 g/mol. The monoisotopic (exact) mass is 527 g/mol. The fourth-order valence-electron chi connectivity index (χ4n) is 3.78. The van der Waals surface area contributed by atoms with Crippen LogP contribution in [0.3, 0.4) is 0 Å². The van der Waals surface area contributed by atoms with Gasteiger partial charge in [-0.3, -0.25) is 14.4 Å². The van der Waals surface area contributed by atoms with Crippen LogP contribution < -0.4 is 27.4 Å². The zero-order chi connectivity index (χ0) is 27.9. The van der Waals surface area contributed by atoms with E-state index in [0.29, 0.717) is 19.4 Å². The van der Waals surface area contributed by atoms with Gasteiger partial charge in [0.15, 0.2) is 0 Å². The predicted octanol–water partition coefficient (Wildman–Crippen LogP) is -0.541. The lowest BCUT2D eigenvalue weighted by atomic mass is 10.0. The van der Waals surface area contributed by atoms with Gasteiger partial charge in [-0.05, 0) is 36.9 Å². The average Bonchev–Trinajstić information content (AvgIpc) is 2.92. The van der Waals surface area contributed by atoms with Gasteiger partial charge in [-0.1, -0.05) is 60.7 Å². The predicted molar refractivity (Wildman–Crippen MR) is 142 cm³/mol. The van der Waals surface area contributed by atoms with Gasteiger partial charge in [0.25, 0.3) is 0 Å². The molecule has 0 fully saturated rings. The summed E-state index contributed by atoms with van der Waals surface area (Å²) in [7, 11) is 0. The highest BCUT2D eigenvalue weighted by Gasteiger charge is 2.30. The van der Waals surface area contributed by atoms with E-state index in [1.165, 1.54) is 0 Å². The van der Waals surface area contributed by atoms with Gasteiger partial charge in [0.2, 0.25) is 17.7 Å². The Kier molecular flexibility index (Phi) is 12.9. The van der Waals surface area contributed by atoms with Gasteiger partial charge in [-0.2, -0.15) is 0 Å². The molecule has 0 saturated carbocycles. The van der Waals surface area contributed by atoms with E-state index in [9.17, 15) is 29.4 Å². The molecule has 38 heavy (non-hydrogen) atoms. The third-order valence-corrected chi connectivity index (χ3v) is 5.93. The Balaban J connectivity index is 2.23. The summed E-state index contributed by atoms with van der Waals surface area (Å²) in [6.07, 6.45) is 1.52.